The van der Waals surface area contributed by atoms with E-state index >= 15 is 0 Å². The molecule has 0 bridgehead atoms. The summed E-state index contributed by atoms with van der Waals surface area (Å²) in [7, 11) is 0. The summed E-state index contributed by atoms with van der Waals surface area (Å²) in [4.78, 5) is 0. The van der Waals surface area contributed by atoms with Gasteiger partial charge in [0.2, 0.25) is 0 Å². The van der Waals surface area contributed by atoms with Crippen molar-refractivity contribution < 1.29 is 5.11 Å². The van der Waals surface area contributed by atoms with Gasteiger partial charge in [-0.05, 0) is 24.7 Å². The van der Waals surface area contributed by atoms with E-state index in [2.05, 4.69) is 18.2 Å². The summed E-state index contributed by atoms with van der Waals surface area (Å²) in [5.74, 6) is 2.02. The molecule has 0 spiro atoms. The Morgan fingerprint density at radius 2 is 2.46 bits per heavy atom. The summed E-state index contributed by atoms with van der Waals surface area (Å²) in [5, 5.41) is 12.8. The van der Waals surface area contributed by atoms with Crippen molar-refractivity contribution in [1.82, 2.24) is 9.78 Å². The van der Waals surface area contributed by atoms with E-state index in [4.69, 9.17) is 5.11 Å². The molecule has 0 saturated carbocycles. The van der Waals surface area contributed by atoms with Gasteiger partial charge in [-0.25, -0.2) is 0 Å². The van der Waals surface area contributed by atoms with Gasteiger partial charge in [-0.2, -0.15) is 16.9 Å². The molecule has 0 unspecified atom stereocenters. The van der Waals surface area contributed by atoms with Crippen molar-refractivity contribution in [3.05, 3.63) is 18.0 Å². The van der Waals surface area contributed by atoms with Gasteiger partial charge in [-0.1, -0.05) is 0 Å². The first-order valence-electron chi connectivity index (χ1n) is 4.56. The minimum atomic E-state index is 0.293. The van der Waals surface area contributed by atoms with E-state index in [-0.39, 0.29) is 0 Å². The summed E-state index contributed by atoms with van der Waals surface area (Å²) < 4.78 is 1.93. The maximum Gasteiger partial charge on any atom is 0.0530 e. The summed E-state index contributed by atoms with van der Waals surface area (Å²) >= 11 is 1.84. The molecule has 0 radical (unpaired) electrons. The Balaban J connectivity index is 2.20. The van der Waals surface area contributed by atoms with Gasteiger partial charge in [-0.3, -0.25) is 4.68 Å². The van der Waals surface area contributed by atoms with Gasteiger partial charge in [0.15, 0.2) is 0 Å². The van der Waals surface area contributed by atoms with E-state index in [0.717, 1.165) is 24.5 Å². The molecule has 0 aliphatic carbocycles. The maximum atomic E-state index is 8.58. The zero-order chi connectivity index (χ0) is 9.52. The van der Waals surface area contributed by atoms with Gasteiger partial charge in [0.1, 0.15) is 0 Å². The standard InChI is InChI=1S/C9H16N2OS/c1-2-11-7-9(6-10-11)8-13-5-3-4-12/h6-7,12H,2-5,8H2,1H3. The van der Waals surface area contributed by atoms with Gasteiger partial charge in [0.25, 0.3) is 0 Å². The van der Waals surface area contributed by atoms with Crippen molar-refractivity contribution in [3.63, 3.8) is 0 Å². The molecule has 0 amide bonds. The van der Waals surface area contributed by atoms with Gasteiger partial charge < -0.3 is 5.11 Å². The van der Waals surface area contributed by atoms with Crippen molar-refractivity contribution in [1.29, 1.82) is 0 Å². The molecule has 0 saturated heterocycles. The van der Waals surface area contributed by atoms with Gasteiger partial charge in [0.05, 0.1) is 6.20 Å². The first-order chi connectivity index (χ1) is 6.36. The van der Waals surface area contributed by atoms with Crippen LogP contribution >= 0.6 is 11.8 Å². The lowest BCUT2D eigenvalue weighted by molar-refractivity contribution is 0.296. The molecule has 0 atom stereocenters. The third-order valence-corrected chi connectivity index (χ3v) is 2.84. The highest BCUT2D eigenvalue weighted by Gasteiger charge is 1.96. The molecule has 0 aliphatic heterocycles. The highest BCUT2D eigenvalue weighted by molar-refractivity contribution is 7.98. The summed E-state index contributed by atoms with van der Waals surface area (Å²) in [5.41, 5.74) is 1.27. The molecule has 1 aromatic heterocycles. The van der Waals surface area contributed by atoms with Crippen LogP contribution in [-0.4, -0.2) is 27.2 Å². The van der Waals surface area contributed by atoms with Crippen LogP contribution in [0, 0.1) is 0 Å². The van der Waals surface area contributed by atoms with Crippen LogP contribution in [0.3, 0.4) is 0 Å². The lowest BCUT2D eigenvalue weighted by Gasteiger charge is -1.96. The van der Waals surface area contributed by atoms with Crippen LogP contribution in [0.5, 0.6) is 0 Å². The van der Waals surface area contributed by atoms with Crippen molar-refractivity contribution in [2.24, 2.45) is 0 Å². The summed E-state index contributed by atoms with van der Waals surface area (Å²) in [6.07, 6.45) is 4.87. The fourth-order valence-corrected chi connectivity index (χ4v) is 1.87. The fraction of sp³-hybridized carbons (Fsp3) is 0.667. The number of aliphatic hydroxyl groups is 1. The summed E-state index contributed by atoms with van der Waals surface area (Å²) in [6.45, 7) is 3.30. The topological polar surface area (TPSA) is 38.0 Å². The van der Waals surface area contributed by atoms with Crippen LogP contribution in [-0.2, 0) is 12.3 Å². The second-order valence-corrected chi connectivity index (χ2v) is 3.94. The molecule has 1 heterocycles. The molecule has 0 aliphatic rings. The number of aliphatic hydroxyl groups excluding tert-OH is 1. The molecule has 0 aromatic carbocycles. The number of rotatable bonds is 6. The van der Waals surface area contributed by atoms with E-state index in [0.29, 0.717) is 6.61 Å². The Kier molecular flexibility index (Phi) is 4.93. The third kappa shape index (κ3) is 3.83. The molecule has 4 heteroatoms. The zero-order valence-electron chi connectivity index (χ0n) is 7.94. The minimum absolute atomic E-state index is 0.293. The van der Waals surface area contributed by atoms with Crippen molar-refractivity contribution >= 4 is 11.8 Å². The third-order valence-electron chi connectivity index (χ3n) is 1.73. The Bertz CT molecular complexity index is 237. The number of hydrogen-bond donors (Lipinski definition) is 1. The number of aryl methyl sites for hydroxylation is 1. The average molecular weight is 200 g/mol. The Labute approximate surface area is 83.1 Å². The van der Waals surface area contributed by atoms with Crippen LogP contribution in [0.25, 0.3) is 0 Å². The molecule has 1 aromatic rings. The Hall–Kier alpha value is -0.480. The molecule has 0 fully saturated rings. The van der Waals surface area contributed by atoms with Crippen molar-refractivity contribution in [3.8, 4) is 0 Å². The predicted molar refractivity (Wildman–Crippen MR) is 55.8 cm³/mol. The van der Waals surface area contributed by atoms with Crippen molar-refractivity contribution in [2.45, 2.75) is 25.6 Å². The number of nitrogens with zero attached hydrogens (tertiary/aromatic N) is 2. The second-order valence-electron chi connectivity index (χ2n) is 2.83. The highest BCUT2D eigenvalue weighted by Crippen LogP contribution is 2.11. The van der Waals surface area contributed by atoms with Gasteiger partial charge >= 0.3 is 0 Å². The van der Waals surface area contributed by atoms with Gasteiger partial charge in [-0.15, -0.1) is 0 Å². The van der Waals surface area contributed by atoms with E-state index in [9.17, 15) is 0 Å². The van der Waals surface area contributed by atoms with Gasteiger partial charge in [0, 0.05) is 25.1 Å². The average Bonchev–Trinajstić information content (AvgIpc) is 2.60. The molecule has 1 rings (SSSR count). The Morgan fingerprint density at radius 1 is 1.62 bits per heavy atom. The highest BCUT2D eigenvalue weighted by atomic mass is 32.2. The van der Waals surface area contributed by atoms with Crippen LogP contribution < -0.4 is 0 Å². The number of thioether (sulfide) groups is 1. The van der Waals surface area contributed by atoms with E-state index in [1.54, 1.807) is 0 Å². The number of hydrogen-bond acceptors (Lipinski definition) is 3. The van der Waals surface area contributed by atoms with Crippen LogP contribution in [0.2, 0.25) is 0 Å². The van der Waals surface area contributed by atoms with E-state index in [1.165, 1.54) is 5.56 Å². The van der Waals surface area contributed by atoms with Crippen LogP contribution in [0.1, 0.15) is 18.9 Å². The smallest absolute Gasteiger partial charge is 0.0530 e. The molecular weight excluding hydrogens is 184 g/mol. The van der Waals surface area contributed by atoms with Crippen molar-refractivity contribution in [2.75, 3.05) is 12.4 Å². The second kappa shape index (κ2) is 6.05. The maximum absolute atomic E-state index is 8.58. The fourth-order valence-electron chi connectivity index (χ4n) is 1.01. The molecular formula is C9H16N2OS. The number of aromatic nitrogens is 2. The lowest BCUT2D eigenvalue weighted by Crippen LogP contribution is -1.92. The molecule has 3 nitrogen and oxygen atoms in total. The summed E-state index contributed by atoms with van der Waals surface area (Å²) in [6, 6.07) is 0. The quantitative estimate of drug-likeness (QED) is 0.707. The predicted octanol–water partition coefficient (Wildman–Crippen LogP) is 1.52. The minimum Gasteiger partial charge on any atom is -0.396 e. The zero-order valence-corrected chi connectivity index (χ0v) is 8.76. The molecule has 1 N–H and O–H groups in total. The first-order valence-corrected chi connectivity index (χ1v) is 5.72. The molecule has 13 heavy (non-hydrogen) atoms. The van der Waals surface area contributed by atoms with Crippen LogP contribution in [0.15, 0.2) is 12.4 Å². The Morgan fingerprint density at radius 3 is 3.08 bits per heavy atom. The first kappa shape index (κ1) is 10.6. The normalized spacial score (nSPS) is 10.6. The largest absolute Gasteiger partial charge is 0.396 e. The molecule has 74 valence electrons. The van der Waals surface area contributed by atoms with E-state index < -0.39 is 0 Å². The SMILES string of the molecule is CCn1cc(CSCCCO)cn1. The van der Waals surface area contributed by atoms with E-state index in [1.807, 2.05) is 22.6 Å². The monoisotopic (exact) mass is 200 g/mol. The lowest BCUT2D eigenvalue weighted by atomic mass is 10.4. The van der Waals surface area contributed by atoms with Crippen LogP contribution in [0.4, 0.5) is 0 Å².